The molecule has 1 aliphatic heterocycles. The van der Waals surface area contributed by atoms with Crippen LogP contribution in [0.15, 0.2) is 0 Å². The molecular weight excluding hydrogens is 170 g/mol. The lowest BCUT2D eigenvalue weighted by Crippen LogP contribution is -2.35. The highest BCUT2D eigenvalue weighted by molar-refractivity contribution is 5.31. The summed E-state index contributed by atoms with van der Waals surface area (Å²) in [4.78, 5) is 2.25. The molecule has 2 rings (SSSR count). The molecule has 3 N–H and O–H groups in total. The van der Waals surface area contributed by atoms with Gasteiger partial charge in [0.2, 0.25) is 0 Å². The van der Waals surface area contributed by atoms with Crippen LogP contribution < -0.4 is 5.73 Å². The molecule has 1 saturated heterocycles. The fourth-order valence-corrected chi connectivity index (χ4v) is 1.35. The SMILES string of the molecule is Nc1n[nH]nc1CN1CCOCC1. The first-order valence-corrected chi connectivity index (χ1v) is 4.31. The largest absolute Gasteiger partial charge is 0.381 e. The van der Waals surface area contributed by atoms with Crippen molar-refractivity contribution in [2.24, 2.45) is 0 Å². The van der Waals surface area contributed by atoms with Gasteiger partial charge < -0.3 is 10.5 Å². The average molecular weight is 183 g/mol. The van der Waals surface area contributed by atoms with Gasteiger partial charge in [-0.2, -0.15) is 10.3 Å². The normalized spacial score (nSPS) is 19.1. The molecule has 0 amide bonds. The van der Waals surface area contributed by atoms with Crippen molar-refractivity contribution in [3.05, 3.63) is 5.69 Å². The van der Waals surface area contributed by atoms with Crippen LogP contribution in [0.3, 0.4) is 0 Å². The quantitative estimate of drug-likeness (QED) is 0.628. The molecule has 0 radical (unpaired) electrons. The highest BCUT2D eigenvalue weighted by atomic mass is 16.5. The number of aromatic amines is 1. The van der Waals surface area contributed by atoms with Crippen LogP contribution >= 0.6 is 0 Å². The van der Waals surface area contributed by atoms with Crippen molar-refractivity contribution in [3.63, 3.8) is 0 Å². The minimum absolute atomic E-state index is 0.492. The summed E-state index contributed by atoms with van der Waals surface area (Å²) in [5.74, 6) is 0.492. The second-order valence-corrected chi connectivity index (χ2v) is 3.04. The lowest BCUT2D eigenvalue weighted by molar-refractivity contribution is 0.0337. The molecule has 2 heterocycles. The minimum Gasteiger partial charge on any atom is -0.381 e. The molecule has 1 aromatic heterocycles. The van der Waals surface area contributed by atoms with Crippen LogP contribution in [0, 0.1) is 0 Å². The van der Waals surface area contributed by atoms with Gasteiger partial charge in [0.25, 0.3) is 0 Å². The van der Waals surface area contributed by atoms with E-state index < -0.39 is 0 Å². The lowest BCUT2D eigenvalue weighted by atomic mass is 10.3. The van der Waals surface area contributed by atoms with E-state index in [2.05, 4.69) is 20.3 Å². The van der Waals surface area contributed by atoms with Crippen molar-refractivity contribution in [3.8, 4) is 0 Å². The third-order valence-electron chi connectivity index (χ3n) is 2.13. The Labute approximate surface area is 76.0 Å². The van der Waals surface area contributed by atoms with Crippen LogP contribution in [0.5, 0.6) is 0 Å². The van der Waals surface area contributed by atoms with Crippen LogP contribution in [-0.4, -0.2) is 46.6 Å². The maximum atomic E-state index is 5.59. The number of nitrogens with one attached hydrogen (secondary N) is 1. The number of rotatable bonds is 2. The first-order valence-electron chi connectivity index (χ1n) is 4.31. The molecule has 72 valence electrons. The van der Waals surface area contributed by atoms with E-state index in [4.69, 9.17) is 10.5 Å². The van der Waals surface area contributed by atoms with E-state index in [1.165, 1.54) is 0 Å². The Morgan fingerprint density at radius 1 is 1.38 bits per heavy atom. The van der Waals surface area contributed by atoms with Gasteiger partial charge in [0.05, 0.1) is 13.2 Å². The highest BCUT2D eigenvalue weighted by Crippen LogP contribution is 2.08. The molecule has 0 aliphatic carbocycles. The molecule has 0 bridgehead atoms. The Bertz CT molecular complexity index is 268. The van der Waals surface area contributed by atoms with E-state index in [9.17, 15) is 0 Å². The summed E-state index contributed by atoms with van der Waals surface area (Å²) < 4.78 is 5.23. The zero-order valence-electron chi connectivity index (χ0n) is 7.36. The van der Waals surface area contributed by atoms with Crippen molar-refractivity contribution in [2.45, 2.75) is 6.54 Å². The van der Waals surface area contributed by atoms with E-state index >= 15 is 0 Å². The molecule has 0 aromatic carbocycles. The van der Waals surface area contributed by atoms with E-state index in [1.54, 1.807) is 0 Å². The lowest BCUT2D eigenvalue weighted by Gasteiger charge is -2.25. The smallest absolute Gasteiger partial charge is 0.170 e. The third kappa shape index (κ3) is 1.96. The zero-order valence-corrected chi connectivity index (χ0v) is 7.36. The fraction of sp³-hybridized carbons (Fsp3) is 0.714. The maximum Gasteiger partial charge on any atom is 0.170 e. The molecule has 0 spiro atoms. The predicted octanol–water partition coefficient (Wildman–Crippen LogP) is -0.781. The number of nitrogens with zero attached hydrogens (tertiary/aromatic N) is 3. The van der Waals surface area contributed by atoms with Gasteiger partial charge in [-0.15, -0.1) is 5.10 Å². The van der Waals surface area contributed by atoms with Gasteiger partial charge in [0.1, 0.15) is 5.69 Å². The fourth-order valence-electron chi connectivity index (χ4n) is 1.35. The Hall–Kier alpha value is -1.14. The van der Waals surface area contributed by atoms with Crippen LogP contribution in [0.4, 0.5) is 5.82 Å². The third-order valence-corrected chi connectivity index (χ3v) is 2.13. The van der Waals surface area contributed by atoms with Crippen LogP contribution in [0.2, 0.25) is 0 Å². The van der Waals surface area contributed by atoms with Crippen molar-refractivity contribution < 1.29 is 4.74 Å². The standard InChI is InChI=1S/C7H13N5O/c8-7-6(9-11-10-7)5-12-1-3-13-4-2-12/h1-5H2,(H3,8,9,10,11). The number of ether oxygens (including phenoxy) is 1. The van der Waals surface area contributed by atoms with Gasteiger partial charge in [-0.05, 0) is 0 Å². The average Bonchev–Trinajstić information content (AvgIpc) is 2.54. The van der Waals surface area contributed by atoms with Crippen molar-refractivity contribution in [1.82, 2.24) is 20.3 Å². The number of morpholine rings is 1. The van der Waals surface area contributed by atoms with E-state index in [1.807, 2.05) is 0 Å². The van der Waals surface area contributed by atoms with Crippen LogP contribution in [0.1, 0.15) is 5.69 Å². The summed E-state index contributed by atoms with van der Waals surface area (Å²) in [7, 11) is 0. The summed E-state index contributed by atoms with van der Waals surface area (Å²) in [5, 5.41) is 10.2. The van der Waals surface area contributed by atoms with Crippen molar-refractivity contribution in [1.29, 1.82) is 0 Å². The van der Waals surface area contributed by atoms with Gasteiger partial charge in [-0.3, -0.25) is 4.90 Å². The predicted molar refractivity (Wildman–Crippen MR) is 46.9 cm³/mol. The van der Waals surface area contributed by atoms with E-state index in [0.717, 1.165) is 38.5 Å². The Kier molecular flexibility index (Phi) is 2.42. The van der Waals surface area contributed by atoms with Gasteiger partial charge in [-0.25, -0.2) is 0 Å². The van der Waals surface area contributed by atoms with Crippen LogP contribution in [-0.2, 0) is 11.3 Å². The van der Waals surface area contributed by atoms with Crippen molar-refractivity contribution >= 4 is 5.82 Å². The monoisotopic (exact) mass is 183 g/mol. The van der Waals surface area contributed by atoms with Gasteiger partial charge in [0, 0.05) is 19.6 Å². The molecule has 6 heteroatoms. The number of nitrogens with two attached hydrogens (primary N) is 1. The molecule has 1 aliphatic rings. The number of aromatic nitrogens is 3. The molecular formula is C7H13N5O. The second kappa shape index (κ2) is 3.71. The minimum atomic E-state index is 0.492. The van der Waals surface area contributed by atoms with E-state index in [0.29, 0.717) is 5.82 Å². The highest BCUT2D eigenvalue weighted by Gasteiger charge is 2.13. The summed E-state index contributed by atoms with van der Waals surface area (Å²) in [6, 6.07) is 0. The first kappa shape index (κ1) is 8.46. The molecule has 1 fully saturated rings. The van der Waals surface area contributed by atoms with Gasteiger partial charge in [0.15, 0.2) is 5.82 Å². The molecule has 0 unspecified atom stereocenters. The molecule has 6 nitrogen and oxygen atoms in total. The Morgan fingerprint density at radius 3 is 2.77 bits per heavy atom. The van der Waals surface area contributed by atoms with Crippen molar-refractivity contribution in [2.75, 3.05) is 32.0 Å². The molecule has 13 heavy (non-hydrogen) atoms. The zero-order chi connectivity index (χ0) is 9.10. The number of hydrogen-bond donors (Lipinski definition) is 2. The van der Waals surface area contributed by atoms with E-state index in [-0.39, 0.29) is 0 Å². The number of hydrogen-bond acceptors (Lipinski definition) is 5. The molecule has 0 atom stereocenters. The number of H-pyrrole nitrogens is 1. The maximum absolute atomic E-state index is 5.59. The summed E-state index contributed by atoms with van der Waals surface area (Å²) in [6.07, 6.45) is 0. The second-order valence-electron chi connectivity index (χ2n) is 3.04. The van der Waals surface area contributed by atoms with Gasteiger partial charge >= 0.3 is 0 Å². The summed E-state index contributed by atoms with van der Waals surface area (Å²) in [6.45, 7) is 4.21. The Balaban J connectivity index is 1.93. The summed E-state index contributed by atoms with van der Waals surface area (Å²) >= 11 is 0. The molecule has 0 saturated carbocycles. The topological polar surface area (TPSA) is 80.1 Å². The summed E-state index contributed by atoms with van der Waals surface area (Å²) in [5.41, 5.74) is 6.42. The van der Waals surface area contributed by atoms with Crippen LogP contribution in [0.25, 0.3) is 0 Å². The number of anilines is 1. The first-order chi connectivity index (χ1) is 6.36. The Morgan fingerprint density at radius 2 is 2.15 bits per heavy atom. The number of nitrogen functional groups attached to an aromatic ring is 1. The molecule has 1 aromatic rings. The van der Waals surface area contributed by atoms with Gasteiger partial charge in [-0.1, -0.05) is 0 Å².